The first-order valence-electron chi connectivity index (χ1n) is 18.4. The molecule has 0 amide bonds. The Labute approximate surface area is 304 Å². The molecule has 9 aromatic rings. The number of fused-ring (bicyclic) bond motifs is 3. The van der Waals surface area contributed by atoms with Gasteiger partial charge in [-0.25, -0.2) is 0 Å². The number of nitrogens with zero attached hydrogens (tertiary/aromatic N) is 2. The van der Waals surface area contributed by atoms with Crippen LogP contribution in [-0.2, 0) is 10.8 Å². The number of para-hydroxylation sites is 2. The van der Waals surface area contributed by atoms with E-state index in [2.05, 4.69) is 195 Å². The van der Waals surface area contributed by atoms with Gasteiger partial charge >= 0.3 is 0 Å². The van der Waals surface area contributed by atoms with Gasteiger partial charge in [0.15, 0.2) is 0 Å². The Morgan fingerprint density at radius 2 is 0.962 bits per heavy atom. The molecule has 2 nitrogen and oxygen atoms in total. The Bertz CT molecular complexity index is 2960. The second-order valence-corrected chi connectivity index (χ2v) is 15.9. The first-order chi connectivity index (χ1) is 25.3. The summed E-state index contributed by atoms with van der Waals surface area (Å²) >= 11 is 0. The second kappa shape index (κ2) is 10.2. The van der Waals surface area contributed by atoms with Gasteiger partial charge in [0.05, 0.1) is 16.7 Å². The number of benzene rings is 8. The first kappa shape index (κ1) is 29.6. The molecule has 0 bridgehead atoms. The number of hydrogen-bond acceptors (Lipinski definition) is 1. The molecule has 0 unspecified atom stereocenters. The van der Waals surface area contributed by atoms with E-state index in [0.717, 1.165) is 11.4 Å². The molecule has 2 aliphatic heterocycles. The third-order valence-corrected chi connectivity index (χ3v) is 12.2. The van der Waals surface area contributed by atoms with Crippen LogP contribution >= 0.6 is 0 Å². The maximum Gasteiger partial charge on any atom is 0.0583 e. The van der Waals surface area contributed by atoms with Gasteiger partial charge in [0.25, 0.3) is 0 Å². The summed E-state index contributed by atoms with van der Waals surface area (Å²) in [5.41, 5.74) is 15.2. The highest BCUT2D eigenvalue weighted by atomic mass is 15.1. The molecule has 0 saturated heterocycles. The minimum Gasteiger partial charge on any atom is -0.310 e. The van der Waals surface area contributed by atoms with Crippen LogP contribution < -0.4 is 4.90 Å². The van der Waals surface area contributed by atoms with Gasteiger partial charge in [0, 0.05) is 38.7 Å². The van der Waals surface area contributed by atoms with Crippen molar-refractivity contribution in [3.8, 4) is 16.8 Å². The van der Waals surface area contributed by atoms with Crippen molar-refractivity contribution in [2.24, 2.45) is 0 Å². The molecular weight excluding hydrogens is 629 g/mol. The number of aromatic nitrogens is 1. The van der Waals surface area contributed by atoms with Crippen LogP contribution in [0.3, 0.4) is 0 Å². The van der Waals surface area contributed by atoms with Crippen LogP contribution in [-0.4, -0.2) is 4.57 Å². The van der Waals surface area contributed by atoms with Gasteiger partial charge in [-0.05, 0) is 110 Å². The van der Waals surface area contributed by atoms with E-state index in [0.29, 0.717) is 0 Å². The average molecular weight is 667 g/mol. The van der Waals surface area contributed by atoms with E-state index in [9.17, 15) is 0 Å². The number of hydrogen-bond donors (Lipinski definition) is 0. The quantitative estimate of drug-likeness (QED) is 0.181. The summed E-state index contributed by atoms with van der Waals surface area (Å²) < 4.78 is 2.63. The molecule has 11 rings (SSSR count). The molecule has 8 aromatic carbocycles. The molecule has 52 heavy (non-hydrogen) atoms. The highest BCUT2D eigenvalue weighted by Crippen LogP contribution is 2.57. The molecule has 2 heteroatoms. The third-order valence-electron chi connectivity index (χ3n) is 12.2. The summed E-state index contributed by atoms with van der Waals surface area (Å²) in [6.07, 6.45) is 0. The van der Waals surface area contributed by atoms with Crippen LogP contribution in [0, 0.1) is 0 Å². The van der Waals surface area contributed by atoms with Gasteiger partial charge in [0.1, 0.15) is 0 Å². The minimum atomic E-state index is -0.218. The molecule has 0 aliphatic carbocycles. The van der Waals surface area contributed by atoms with E-state index in [4.69, 9.17) is 0 Å². The third kappa shape index (κ3) is 3.90. The zero-order valence-electron chi connectivity index (χ0n) is 29.9. The van der Waals surface area contributed by atoms with Crippen LogP contribution in [0.2, 0.25) is 0 Å². The number of rotatable bonds is 4. The summed E-state index contributed by atoms with van der Waals surface area (Å²) in [6.45, 7) is 9.70. The van der Waals surface area contributed by atoms with Crippen molar-refractivity contribution < 1.29 is 0 Å². The molecule has 0 saturated carbocycles. The fourth-order valence-electron chi connectivity index (χ4n) is 9.52. The maximum absolute atomic E-state index is 2.63. The largest absolute Gasteiger partial charge is 0.310 e. The lowest BCUT2D eigenvalue weighted by Gasteiger charge is -2.42. The van der Waals surface area contributed by atoms with E-state index in [1.165, 1.54) is 88.1 Å². The van der Waals surface area contributed by atoms with Crippen molar-refractivity contribution >= 4 is 60.4 Å². The molecule has 0 atom stereocenters. The number of anilines is 3. The summed E-state index contributed by atoms with van der Waals surface area (Å²) in [5, 5.41) is 7.64. The lowest BCUT2D eigenvalue weighted by molar-refractivity contribution is 0.594. The fraction of sp³-hybridized carbons (Fsp3) is 0.120. The lowest BCUT2D eigenvalue weighted by atomic mass is 9.68. The highest BCUT2D eigenvalue weighted by molar-refractivity contribution is 6.16. The van der Waals surface area contributed by atoms with E-state index in [-0.39, 0.29) is 10.8 Å². The summed E-state index contributed by atoms with van der Waals surface area (Å²) in [4.78, 5) is 2.45. The Hall–Kier alpha value is -6.12. The monoisotopic (exact) mass is 666 g/mol. The normalized spacial score (nSPS) is 14.8. The summed E-state index contributed by atoms with van der Waals surface area (Å²) in [6, 6.07) is 58.9. The minimum absolute atomic E-state index is 0.182. The molecular formula is C50H38N2. The fourth-order valence-corrected chi connectivity index (χ4v) is 9.52. The van der Waals surface area contributed by atoms with Crippen LogP contribution in [0.4, 0.5) is 17.1 Å². The van der Waals surface area contributed by atoms with Crippen molar-refractivity contribution in [1.82, 2.24) is 4.57 Å². The molecule has 248 valence electrons. The average Bonchev–Trinajstić information content (AvgIpc) is 3.50. The topological polar surface area (TPSA) is 8.17 Å². The smallest absolute Gasteiger partial charge is 0.0583 e. The van der Waals surface area contributed by atoms with E-state index >= 15 is 0 Å². The molecule has 1 aromatic heterocycles. The molecule has 0 spiro atoms. The van der Waals surface area contributed by atoms with Gasteiger partial charge < -0.3 is 9.47 Å². The molecule has 3 heterocycles. The van der Waals surface area contributed by atoms with Gasteiger partial charge in [-0.15, -0.1) is 0 Å². The van der Waals surface area contributed by atoms with E-state index in [1.54, 1.807) is 0 Å². The van der Waals surface area contributed by atoms with E-state index < -0.39 is 0 Å². The predicted octanol–water partition coefficient (Wildman–Crippen LogP) is 13.5. The Balaban J connectivity index is 1.27. The van der Waals surface area contributed by atoms with Crippen LogP contribution in [0.25, 0.3) is 60.2 Å². The Morgan fingerprint density at radius 1 is 0.385 bits per heavy atom. The van der Waals surface area contributed by atoms with Crippen molar-refractivity contribution in [2.75, 3.05) is 4.90 Å². The van der Waals surface area contributed by atoms with Gasteiger partial charge in [-0.2, -0.15) is 0 Å². The van der Waals surface area contributed by atoms with Crippen LogP contribution in [0.1, 0.15) is 49.9 Å². The van der Waals surface area contributed by atoms with Crippen molar-refractivity contribution in [3.63, 3.8) is 0 Å². The zero-order valence-corrected chi connectivity index (χ0v) is 29.9. The van der Waals surface area contributed by atoms with Gasteiger partial charge in [0.2, 0.25) is 0 Å². The maximum atomic E-state index is 2.63. The summed E-state index contributed by atoms with van der Waals surface area (Å²) in [7, 11) is 0. The standard InChI is InChI=1S/C50H38N2/c1-49(2)42-19-12-20-43-48(42)52-46-40(27-36(28-44(46)49)35-22-21-31-13-8-10-15-33(31)25-35)41-29-39(30-45(47(41)52)50(43,3)4)51(37-17-6-5-7-18-37)38-24-23-32-14-9-11-16-34(32)26-38/h5-30H,1-4H3. The highest BCUT2D eigenvalue weighted by Gasteiger charge is 2.44. The Kier molecular flexibility index (Phi) is 5.83. The van der Waals surface area contributed by atoms with E-state index in [1.807, 2.05) is 0 Å². The SMILES string of the molecule is CC1(C)c2cccc3c2-n2c4c1cc(-c1ccc5ccccc5c1)cc4c1cc(N(c4ccccc4)c4ccc5ccccc5c4)cc(c12)C3(C)C. The Morgan fingerprint density at radius 3 is 1.65 bits per heavy atom. The van der Waals surface area contributed by atoms with Crippen LogP contribution in [0.15, 0.2) is 158 Å². The van der Waals surface area contributed by atoms with Crippen molar-refractivity contribution in [2.45, 2.75) is 38.5 Å². The van der Waals surface area contributed by atoms with Crippen LogP contribution in [0.5, 0.6) is 0 Å². The van der Waals surface area contributed by atoms with Gasteiger partial charge in [-0.3, -0.25) is 0 Å². The second-order valence-electron chi connectivity index (χ2n) is 15.9. The van der Waals surface area contributed by atoms with Gasteiger partial charge in [-0.1, -0.05) is 131 Å². The molecule has 0 N–H and O–H groups in total. The molecule has 0 radical (unpaired) electrons. The summed E-state index contributed by atoms with van der Waals surface area (Å²) in [5.74, 6) is 0. The van der Waals surface area contributed by atoms with Crippen molar-refractivity contribution in [1.29, 1.82) is 0 Å². The lowest BCUT2D eigenvalue weighted by Crippen LogP contribution is -2.33. The zero-order chi connectivity index (χ0) is 34.9. The predicted molar refractivity (Wildman–Crippen MR) is 220 cm³/mol. The molecule has 0 fully saturated rings. The first-order valence-corrected chi connectivity index (χ1v) is 18.4. The van der Waals surface area contributed by atoms with Crippen molar-refractivity contribution in [3.05, 3.63) is 180 Å². The molecule has 2 aliphatic rings.